The first-order valence-electron chi connectivity index (χ1n) is 9.03. The number of hydrogen-bond donors (Lipinski definition) is 1. The van der Waals surface area contributed by atoms with Crippen molar-refractivity contribution in [1.29, 1.82) is 0 Å². The number of aryl methyl sites for hydroxylation is 2. The standard InChI is InChI=1S/C20H20N4O2S2/c1-12-5-6-15(8-13(12)2)24-11-14(9-18(24)26)19-22-23-20(28-19)21-17(25)10-16-4-3-7-27-16/h3-8,14H,9-11H2,1-2H3,(H,21,23,25)/t14-/m1/s1. The van der Waals surface area contributed by atoms with Crippen molar-refractivity contribution in [3.63, 3.8) is 0 Å². The largest absolute Gasteiger partial charge is 0.312 e. The van der Waals surface area contributed by atoms with Gasteiger partial charge in [0.1, 0.15) is 5.01 Å². The van der Waals surface area contributed by atoms with E-state index < -0.39 is 0 Å². The summed E-state index contributed by atoms with van der Waals surface area (Å²) in [5.74, 6) is -0.0225. The van der Waals surface area contributed by atoms with E-state index in [-0.39, 0.29) is 17.7 Å². The summed E-state index contributed by atoms with van der Waals surface area (Å²) in [7, 11) is 0. The van der Waals surface area contributed by atoms with Crippen LogP contribution in [0.15, 0.2) is 35.7 Å². The molecule has 0 unspecified atom stereocenters. The predicted octanol–water partition coefficient (Wildman–Crippen LogP) is 3.92. The van der Waals surface area contributed by atoms with Gasteiger partial charge in [0.15, 0.2) is 0 Å². The molecule has 0 bridgehead atoms. The highest BCUT2D eigenvalue weighted by atomic mass is 32.1. The smallest absolute Gasteiger partial charge is 0.231 e. The van der Waals surface area contributed by atoms with Gasteiger partial charge in [-0.15, -0.1) is 21.5 Å². The lowest BCUT2D eigenvalue weighted by Crippen LogP contribution is -2.24. The van der Waals surface area contributed by atoms with Crippen molar-refractivity contribution < 1.29 is 9.59 Å². The fraction of sp³-hybridized carbons (Fsp3) is 0.300. The highest BCUT2D eigenvalue weighted by Gasteiger charge is 2.34. The number of aromatic nitrogens is 2. The third-order valence-electron chi connectivity index (χ3n) is 4.88. The number of benzene rings is 1. The van der Waals surface area contributed by atoms with E-state index in [2.05, 4.69) is 22.4 Å². The zero-order chi connectivity index (χ0) is 19.7. The van der Waals surface area contributed by atoms with Gasteiger partial charge in [-0.2, -0.15) is 0 Å². The molecule has 2 aromatic heterocycles. The van der Waals surface area contributed by atoms with Crippen LogP contribution in [0, 0.1) is 13.8 Å². The Hall–Kier alpha value is -2.58. The maximum atomic E-state index is 12.5. The molecule has 3 aromatic rings. The Bertz CT molecular complexity index is 1010. The van der Waals surface area contributed by atoms with Crippen LogP contribution in [0.5, 0.6) is 0 Å². The normalized spacial score (nSPS) is 16.6. The van der Waals surface area contributed by atoms with Crippen molar-refractivity contribution in [1.82, 2.24) is 10.2 Å². The number of thiophene rings is 1. The summed E-state index contributed by atoms with van der Waals surface area (Å²) >= 11 is 2.90. The minimum atomic E-state index is -0.107. The van der Waals surface area contributed by atoms with Gasteiger partial charge in [-0.05, 0) is 48.6 Å². The molecule has 1 N–H and O–H groups in total. The average Bonchev–Trinajstić information content (AvgIpc) is 3.39. The number of nitrogens with one attached hydrogen (secondary N) is 1. The Morgan fingerprint density at radius 3 is 2.86 bits per heavy atom. The number of carbonyl (C=O) groups excluding carboxylic acids is 2. The Labute approximate surface area is 171 Å². The monoisotopic (exact) mass is 412 g/mol. The topological polar surface area (TPSA) is 75.2 Å². The van der Waals surface area contributed by atoms with Gasteiger partial charge in [-0.3, -0.25) is 9.59 Å². The molecule has 1 aliphatic rings. The van der Waals surface area contributed by atoms with Crippen LogP contribution in [0.2, 0.25) is 0 Å². The minimum Gasteiger partial charge on any atom is -0.312 e. The number of rotatable bonds is 5. The Kier molecular flexibility index (Phi) is 5.23. The molecule has 0 aliphatic carbocycles. The fourth-order valence-electron chi connectivity index (χ4n) is 3.20. The average molecular weight is 413 g/mol. The first-order chi connectivity index (χ1) is 13.5. The van der Waals surface area contributed by atoms with Crippen molar-refractivity contribution in [2.24, 2.45) is 0 Å². The summed E-state index contributed by atoms with van der Waals surface area (Å²) in [6, 6.07) is 9.93. The summed E-state index contributed by atoms with van der Waals surface area (Å²) in [6.07, 6.45) is 0.736. The van der Waals surface area contributed by atoms with Crippen molar-refractivity contribution in [3.8, 4) is 0 Å². The molecule has 0 spiro atoms. The number of nitrogens with zero attached hydrogens (tertiary/aromatic N) is 3. The molecule has 2 amide bonds. The van der Waals surface area contributed by atoms with Crippen LogP contribution in [-0.4, -0.2) is 28.6 Å². The van der Waals surface area contributed by atoms with Gasteiger partial charge in [0, 0.05) is 29.4 Å². The highest BCUT2D eigenvalue weighted by Crippen LogP contribution is 2.34. The van der Waals surface area contributed by atoms with Crippen LogP contribution in [0.3, 0.4) is 0 Å². The fourth-order valence-corrected chi connectivity index (χ4v) is 4.76. The van der Waals surface area contributed by atoms with E-state index in [9.17, 15) is 9.59 Å². The molecule has 0 radical (unpaired) electrons. The lowest BCUT2D eigenvalue weighted by Gasteiger charge is -2.17. The third kappa shape index (κ3) is 3.98. The summed E-state index contributed by atoms with van der Waals surface area (Å²) in [6.45, 7) is 4.69. The van der Waals surface area contributed by atoms with Crippen molar-refractivity contribution in [3.05, 3.63) is 56.7 Å². The second-order valence-corrected chi connectivity index (χ2v) is 8.97. The van der Waals surface area contributed by atoms with Crippen molar-refractivity contribution >= 4 is 45.3 Å². The molecular weight excluding hydrogens is 392 g/mol. The minimum absolute atomic E-state index is 0.00504. The lowest BCUT2D eigenvalue weighted by molar-refractivity contribution is -0.117. The Balaban J connectivity index is 1.42. The van der Waals surface area contributed by atoms with E-state index >= 15 is 0 Å². The van der Waals surface area contributed by atoms with E-state index in [1.54, 1.807) is 11.3 Å². The molecule has 1 aromatic carbocycles. The number of anilines is 2. The van der Waals surface area contributed by atoms with Gasteiger partial charge >= 0.3 is 0 Å². The quantitative estimate of drug-likeness (QED) is 0.689. The molecule has 4 rings (SSSR count). The molecule has 1 fully saturated rings. The molecule has 28 heavy (non-hydrogen) atoms. The van der Waals surface area contributed by atoms with E-state index in [1.807, 2.05) is 47.5 Å². The second-order valence-electron chi connectivity index (χ2n) is 6.92. The second kappa shape index (κ2) is 7.81. The third-order valence-corrected chi connectivity index (χ3v) is 6.76. The van der Waals surface area contributed by atoms with E-state index in [1.165, 1.54) is 22.5 Å². The molecule has 8 heteroatoms. The molecule has 0 saturated carbocycles. The molecule has 1 saturated heterocycles. The first kappa shape index (κ1) is 18.8. The van der Waals surface area contributed by atoms with Crippen LogP contribution >= 0.6 is 22.7 Å². The molecular formula is C20H20N4O2S2. The summed E-state index contributed by atoms with van der Waals surface area (Å²) < 4.78 is 0. The van der Waals surface area contributed by atoms with E-state index in [0.29, 0.717) is 24.5 Å². The van der Waals surface area contributed by atoms with Gasteiger partial charge in [0.05, 0.1) is 6.42 Å². The molecule has 6 nitrogen and oxygen atoms in total. The Morgan fingerprint density at radius 1 is 1.25 bits per heavy atom. The maximum Gasteiger partial charge on any atom is 0.231 e. The molecule has 144 valence electrons. The SMILES string of the molecule is Cc1ccc(N2C[C@H](c3nnc(NC(=O)Cc4cccs4)s3)CC2=O)cc1C. The van der Waals surface area contributed by atoms with Crippen LogP contribution < -0.4 is 10.2 Å². The van der Waals surface area contributed by atoms with Gasteiger partial charge in [-0.1, -0.05) is 23.5 Å². The van der Waals surface area contributed by atoms with Crippen LogP contribution in [0.4, 0.5) is 10.8 Å². The van der Waals surface area contributed by atoms with Gasteiger partial charge in [-0.25, -0.2) is 0 Å². The zero-order valence-electron chi connectivity index (χ0n) is 15.6. The van der Waals surface area contributed by atoms with Crippen molar-refractivity contribution in [2.75, 3.05) is 16.8 Å². The predicted molar refractivity (Wildman–Crippen MR) is 112 cm³/mol. The molecule has 1 atom stereocenters. The maximum absolute atomic E-state index is 12.5. The van der Waals surface area contributed by atoms with Gasteiger partial charge in [0.25, 0.3) is 0 Å². The zero-order valence-corrected chi connectivity index (χ0v) is 17.3. The highest BCUT2D eigenvalue weighted by molar-refractivity contribution is 7.15. The number of hydrogen-bond acceptors (Lipinski definition) is 6. The van der Waals surface area contributed by atoms with Crippen LogP contribution in [0.25, 0.3) is 0 Å². The van der Waals surface area contributed by atoms with E-state index in [4.69, 9.17) is 0 Å². The summed E-state index contributed by atoms with van der Waals surface area (Å²) in [4.78, 5) is 27.5. The van der Waals surface area contributed by atoms with E-state index in [0.717, 1.165) is 15.6 Å². The number of amides is 2. The van der Waals surface area contributed by atoms with Crippen LogP contribution in [-0.2, 0) is 16.0 Å². The first-order valence-corrected chi connectivity index (χ1v) is 10.7. The lowest BCUT2D eigenvalue weighted by atomic mass is 10.1. The van der Waals surface area contributed by atoms with Crippen molar-refractivity contribution in [2.45, 2.75) is 32.6 Å². The summed E-state index contributed by atoms with van der Waals surface area (Å²) in [5.41, 5.74) is 3.30. The summed E-state index contributed by atoms with van der Waals surface area (Å²) in [5, 5.41) is 14.3. The van der Waals surface area contributed by atoms with Crippen LogP contribution in [0.1, 0.15) is 33.4 Å². The van der Waals surface area contributed by atoms with Gasteiger partial charge < -0.3 is 10.2 Å². The van der Waals surface area contributed by atoms with Gasteiger partial charge in [0.2, 0.25) is 16.9 Å². The molecule has 3 heterocycles. The Morgan fingerprint density at radius 2 is 2.11 bits per heavy atom. The number of carbonyl (C=O) groups is 2. The molecule has 1 aliphatic heterocycles.